The Hall–Kier alpha value is -1.76. The number of halogens is 3. The van der Waals surface area contributed by atoms with Gasteiger partial charge in [0.1, 0.15) is 6.61 Å². The molecule has 1 saturated heterocycles. The van der Waals surface area contributed by atoms with Crippen LogP contribution in [-0.4, -0.2) is 30.0 Å². The molecule has 0 spiro atoms. The van der Waals surface area contributed by atoms with Gasteiger partial charge in [0.2, 0.25) is 0 Å². The lowest BCUT2D eigenvalue weighted by Crippen LogP contribution is -2.45. The van der Waals surface area contributed by atoms with Crippen LogP contribution >= 0.6 is 0 Å². The van der Waals surface area contributed by atoms with E-state index in [0.29, 0.717) is 5.69 Å². The highest BCUT2D eigenvalue weighted by atomic mass is 19.4. The number of cyclic esters (lactones) is 1. The summed E-state index contributed by atoms with van der Waals surface area (Å²) in [5.41, 5.74) is -1.22. The highest BCUT2D eigenvalue weighted by Crippen LogP contribution is 2.35. The zero-order valence-corrected chi connectivity index (χ0v) is 10.8. The van der Waals surface area contributed by atoms with E-state index in [-0.39, 0.29) is 19.6 Å². The zero-order chi connectivity index (χ0) is 15.0. The predicted octanol–water partition coefficient (Wildman–Crippen LogP) is 2.80. The largest absolute Gasteiger partial charge is 0.447 e. The fourth-order valence-electron chi connectivity index (χ4n) is 2.21. The molecular formula is C13H14F3NO3. The summed E-state index contributed by atoms with van der Waals surface area (Å²) in [6.45, 7) is 1.66. The minimum absolute atomic E-state index is 0.0907. The number of anilines is 1. The van der Waals surface area contributed by atoms with Crippen molar-refractivity contribution in [2.24, 2.45) is 0 Å². The standard InChI is InChI=1S/C13H14F3NO3/c1-12(6-7-18)8-20-11(19)17(12)10-4-2-9(3-5-10)13(14,15)16/h2-5,18H,6-8H2,1H3. The minimum Gasteiger partial charge on any atom is -0.447 e. The Morgan fingerprint density at radius 3 is 2.45 bits per heavy atom. The summed E-state index contributed by atoms with van der Waals surface area (Å²) in [5, 5.41) is 9.05. The third-order valence-corrected chi connectivity index (χ3v) is 3.33. The van der Waals surface area contributed by atoms with Crippen LogP contribution in [0, 0.1) is 0 Å². The molecule has 1 heterocycles. The van der Waals surface area contributed by atoms with Crippen molar-refractivity contribution >= 4 is 11.8 Å². The number of hydrogen-bond donors (Lipinski definition) is 1. The summed E-state index contributed by atoms with van der Waals surface area (Å²) in [4.78, 5) is 13.0. The average Bonchev–Trinajstić information content (AvgIpc) is 2.65. The lowest BCUT2D eigenvalue weighted by molar-refractivity contribution is -0.137. The molecule has 1 aliphatic rings. The molecule has 0 radical (unpaired) electrons. The molecule has 1 unspecified atom stereocenters. The van der Waals surface area contributed by atoms with Crippen LogP contribution in [0.3, 0.4) is 0 Å². The second kappa shape index (κ2) is 4.97. The van der Waals surface area contributed by atoms with Crippen molar-refractivity contribution in [1.82, 2.24) is 0 Å². The molecule has 1 aromatic rings. The number of ether oxygens (including phenoxy) is 1. The van der Waals surface area contributed by atoms with Crippen molar-refractivity contribution in [1.29, 1.82) is 0 Å². The maximum absolute atomic E-state index is 12.5. The van der Waals surface area contributed by atoms with Gasteiger partial charge in [-0.3, -0.25) is 4.90 Å². The fourth-order valence-corrected chi connectivity index (χ4v) is 2.21. The van der Waals surface area contributed by atoms with Crippen LogP contribution in [0.1, 0.15) is 18.9 Å². The highest BCUT2D eigenvalue weighted by molar-refractivity contribution is 5.91. The normalized spacial score (nSPS) is 23.1. The van der Waals surface area contributed by atoms with E-state index in [9.17, 15) is 18.0 Å². The number of benzene rings is 1. The van der Waals surface area contributed by atoms with E-state index in [0.717, 1.165) is 12.1 Å². The number of alkyl halides is 3. The van der Waals surface area contributed by atoms with Gasteiger partial charge in [-0.05, 0) is 37.6 Å². The van der Waals surface area contributed by atoms with E-state index in [1.165, 1.54) is 17.0 Å². The van der Waals surface area contributed by atoms with Crippen molar-refractivity contribution < 1.29 is 27.8 Å². The Balaban J connectivity index is 2.32. The molecule has 0 saturated carbocycles. The van der Waals surface area contributed by atoms with Crippen molar-refractivity contribution in [3.05, 3.63) is 29.8 Å². The Morgan fingerprint density at radius 2 is 1.95 bits per heavy atom. The molecule has 1 atom stereocenters. The number of nitrogens with zero attached hydrogens (tertiary/aromatic N) is 1. The quantitative estimate of drug-likeness (QED) is 0.931. The molecule has 0 aromatic heterocycles. The van der Waals surface area contributed by atoms with Crippen LogP contribution in [0.5, 0.6) is 0 Å². The highest BCUT2D eigenvalue weighted by Gasteiger charge is 2.44. The van der Waals surface area contributed by atoms with Gasteiger partial charge in [-0.15, -0.1) is 0 Å². The van der Waals surface area contributed by atoms with E-state index in [2.05, 4.69) is 0 Å². The summed E-state index contributed by atoms with van der Waals surface area (Å²) < 4.78 is 42.5. The molecule has 110 valence electrons. The molecule has 1 N–H and O–H groups in total. The van der Waals surface area contributed by atoms with Gasteiger partial charge in [0.05, 0.1) is 11.1 Å². The number of aliphatic hydroxyl groups excluding tert-OH is 1. The molecule has 1 aromatic carbocycles. The van der Waals surface area contributed by atoms with Gasteiger partial charge in [0.15, 0.2) is 0 Å². The smallest absolute Gasteiger partial charge is 0.416 e. The summed E-state index contributed by atoms with van der Waals surface area (Å²) >= 11 is 0. The third kappa shape index (κ3) is 2.58. The van der Waals surface area contributed by atoms with Gasteiger partial charge in [0.25, 0.3) is 0 Å². The predicted molar refractivity (Wildman–Crippen MR) is 65.4 cm³/mol. The molecule has 1 amide bonds. The van der Waals surface area contributed by atoms with Crippen LogP contribution in [0.4, 0.5) is 23.7 Å². The zero-order valence-electron chi connectivity index (χ0n) is 10.8. The van der Waals surface area contributed by atoms with Crippen molar-refractivity contribution in [3.8, 4) is 0 Å². The van der Waals surface area contributed by atoms with E-state index in [4.69, 9.17) is 9.84 Å². The summed E-state index contributed by atoms with van der Waals surface area (Å²) in [6, 6.07) is 4.29. The average molecular weight is 289 g/mol. The van der Waals surface area contributed by atoms with Crippen molar-refractivity contribution in [2.45, 2.75) is 25.1 Å². The van der Waals surface area contributed by atoms with Crippen LogP contribution in [-0.2, 0) is 10.9 Å². The van der Waals surface area contributed by atoms with Crippen LogP contribution in [0.2, 0.25) is 0 Å². The number of carbonyl (C=O) groups is 1. The number of aliphatic hydroxyl groups is 1. The maximum Gasteiger partial charge on any atom is 0.416 e. The Labute approximate surface area is 113 Å². The van der Waals surface area contributed by atoms with Gasteiger partial charge < -0.3 is 9.84 Å². The number of carbonyl (C=O) groups excluding carboxylic acids is 1. The van der Waals surface area contributed by atoms with Gasteiger partial charge >= 0.3 is 12.3 Å². The second-order valence-corrected chi connectivity index (χ2v) is 4.91. The van der Waals surface area contributed by atoms with Crippen molar-refractivity contribution in [2.75, 3.05) is 18.1 Å². The first-order valence-electron chi connectivity index (χ1n) is 6.03. The van der Waals surface area contributed by atoms with E-state index in [1.54, 1.807) is 6.92 Å². The molecule has 1 aliphatic heterocycles. The minimum atomic E-state index is -4.42. The monoisotopic (exact) mass is 289 g/mol. The number of hydrogen-bond acceptors (Lipinski definition) is 3. The Bertz CT molecular complexity index is 501. The topological polar surface area (TPSA) is 49.8 Å². The Morgan fingerprint density at radius 1 is 1.35 bits per heavy atom. The SMILES string of the molecule is CC1(CCO)COC(=O)N1c1ccc(C(F)(F)F)cc1. The molecule has 2 rings (SSSR count). The molecular weight excluding hydrogens is 275 g/mol. The maximum atomic E-state index is 12.5. The molecule has 4 nitrogen and oxygen atoms in total. The first-order valence-corrected chi connectivity index (χ1v) is 6.03. The molecule has 0 bridgehead atoms. The van der Waals surface area contributed by atoms with E-state index >= 15 is 0 Å². The Kier molecular flexibility index (Phi) is 3.64. The summed E-state index contributed by atoms with van der Waals surface area (Å²) in [7, 11) is 0. The first-order chi connectivity index (χ1) is 9.28. The summed E-state index contributed by atoms with van der Waals surface area (Å²) in [6.07, 6.45) is -4.77. The van der Waals surface area contributed by atoms with E-state index in [1.807, 2.05) is 0 Å². The van der Waals surface area contributed by atoms with Gasteiger partial charge in [-0.1, -0.05) is 0 Å². The first kappa shape index (κ1) is 14.6. The lowest BCUT2D eigenvalue weighted by Gasteiger charge is -2.31. The second-order valence-electron chi connectivity index (χ2n) is 4.91. The lowest BCUT2D eigenvalue weighted by atomic mass is 9.97. The molecule has 20 heavy (non-hydrogen) atoms. The van der Waals surface area contributed by atoms with Gasteiger partial charge in [-0.25, -0.2) is 4.79 Å². The number of rotatable bonds is 3. The summed E-state index contributed by atoms with van der Waals surface area (Å²) in [5.74, 6) is 0. The molecule has 0 aliphatic carbocycles. The van der Waals surface area contributed by atoms with Crippen LogP contribution in [0.15, 0.2) is 24.3 Å². The van der Waals surface area contributed by atoms with Crippen LogP contribution < -0.4 is 4.90 Å². The van der Waals surface area contributed by atoms with Gasteiger partial charge in [-0.2, -0.15) is 13.2 Å². The van der Waals surface area contributed by atoms with Crippen LogP contribution in [0.25, 0.3) is 0 Å². The van der Waals surface area contributed by atoms with Crippen molar-refractivity contribution in [3.63, 3.8) is 0 Å². The molecule has 1 fully saturated rings. The molecule has 7 heteroatoms. The third-order valence-electron chi connectivity index (χ3n) is 3.33. The van der Waals surface area contributed by atoms with E-state index < -0.39 is 23.4 Å². The fraction of sp³-hybridized carbons (Fsp3) is 0.462. The number of amides is 1. The van der Waals surface area contributed by atoms with Gasteiger partial charge in [0, 0.05) is 12.3 Å².